The van der Waals surface area contributed by atoms with Crippen LogP contribution in [0.3, 0.4) is 0 Å². The van der Waals surface area contributed by atoms with Gasteiger partial charge in [0.1, 0.15) is 6.61 Å². The van der Waals surface area contributed by atoms with E-state index in [2.05, 4.69) is 9.97 Å². The molecule has 7 nitrogen and oxygen atoms in total. The third kappa shape index (κ3) is 3.73. The van der Waals surface area contributed by atoms with Crippen LogP contribution in [-0.4, -0.2) is 51.7 Å². The van der Waals surface area contributed by atoms with Crippen LogP contribution < -0.4 is 9.64 Å². The average Bonchev–Trinajstić information content (AvgIpc) is 2.61. The van der Waals surface area contributed by atoms with Gasteiger partial charge in [-0.1, -0.05) is 30.3 Å². The van der Waals surface area contributed by atoms with E-state index in [1.165, 1.54) is 4.90 Å². The molecule has 0 saturated carbocycles. The van der Waals surface area contributed by atoms with Gasteiger partial charge in [-0.25, -0.2) is 14.8 Å². The van der Waals surface area contributed by atoms with Gasteiger partial charge in [-0.05, 0) is 12.5 Å². The lowest BCUT2D eigenvalue weighted by Gasteiger charge is -2.38. The molecule has 1 aliphatic rings. The molecule has 1 N–H and O–H groups in total. The highest BCUT2D eigenvalue weighted by Gasteiger charge is 2.28. The summed E-state index contributed by atoms with van der Waals surface area (Å²) in [6.45, 7) is 3.97. The molecule has 1 atom stereocenters. The predicted molar refractivity (Wildman–Crippen MR) is 89.2 cm³/mol. The zero-order valence-electron chi connectivity index (χ0n) is 13.5. The standard InChI is InChI=1S/C17H20N4O3/c1-13-11-20(7-8-21(13)17(22)23)16-18-9-15(10-19-16)24-12-14-5-3-2-4-6-14/h2-6,9-10,13H,7-8,11-12H2,1H3,(H,22,23). The van der Waals surface area contributed by atoms with Gasteiger partial charge < -0.3 is 19.6 Å². The van der Waals surface area contributed by atoms with Gasteiger partial charge in [-0.3, -0.25) is 0 Å². The maximum atomic E-state index is 11.1. The van der Waals surface area contributed by atoms with Crippen LogP contribution in [0.2, 0.25) is 0 Å². The Morgan fingerprint density at radius 2 is 1.96 bits per heavy atom. The monoisotopic (exact) mass is 328 g/mol. The number of nitrogens with zero attached hydrogens (tertiary/aromatic N) is 4. The quantitative estimate of drug-likeness (QED) is 0.927. The predicted octanol–water partition coefficient (Wildman–Crippen LogP) is 2.24. The number of rotatable bonds is 4. The molecule has 3 rings (SSSR count). The minimum Gasteiger partial charge on any atom is -0.486 e. The second-order valence-electron chi connectivity index (χ2n) is 5.76. The number of anilines is 1. The molecule has 1 saturated heterocycles. The molecule has 0 radical (unpaired) electrons. The highest BCUT2D eigenvalue weighted by molar-refractivity contribution is 5.66. The smallest absolute Gasteiger partial charge is 0.407 e. The molecule has 0 bridgehead atoms. The average molecular weight is 328 g/mol. The number of amides is 1. The molecule has 1 aromatic carbocycles. The molecular weight excluding hydrogens is 308 g/mol. The maximum absolute atomic E-state index is 11.1. The largest absolute Gasteiger partial charge is 0.486 e. The highest BCUT2D eigenvalue weighted by atomic mass is 16.5. The minimum absolute atomic E-state index is 0.0890. The van der Waals surface area contributed by atoms with Gasteiger partial charge in [-0.2, -0.15) is 0 Å². The lowest BCUT2D eigenvalue weighted by molar-refractivity contribution is 0.122. The van der Waals surface area contributed by atoms with E-state index < -0.39 is 6.09 Å². The molecule has 126 valence electrons. The molecule has 2 aromatic rings. The van der Waals surface area contributed by atoms with Crippen molar-refractivity contribution in [2.75, 3.05) is 24.5 Å². The maximum Gasteiger partial charge on any atom is 0.407 e. The Morgan fingerprint density at radius 3 is 2.58 bits per heavy atom. The normalized spacial score (nSPS) is 17.6. The first kappa shape index (κ1) is 16.0. The Hall–Kier alpha value is -2.83. The number of carboxylic acid groups (broad SMARTS) is 1. The fourth-order valence-corrected chi connectivity index (χ4v) is 2.71. The number of piperazine rings is 1. The Bertz CT molecular complexity index is 678. The number of aromatic nitrogens is 2. The van der Waals surface area contributed by atoms with Crippen molar-refractivity contribution in [3.8, 4) is 5.75 Å². The summed E-state index contributed by atoms with van der Waals surface area (Å²) in [6.07, 6.45) is 2.42. The summed E-state index contributed by atoms with van der Waals surface area (Å²) < 4.78 is 5.67. The molecule has 1 unspecified atom stereocenters. The summed E-state index contributed by atoms with van der Waals surface area (Å²) in [7, 11) is 0. The van der Waals surface area contributed by atoms with Crippen LogP contribution >= 0.6 is 0 Å². The van der Waals surface area contributed by atoms with Gasteiger partial charge in [0.25, 0.3) is 0 Å². The van der Waals surface area contributed by atoms with E-state index in [1.807, 2.05) is 42.2 Å². The third-order valence-corrected chi connectivity index (χ3v) is 4.02. The first-order valence-corrected chi connectivity index (χ1v) is 7.87. The third-order valence-electron chi connectivity index (χ3n) is 4.02. The van der Waals surface area contributed by atoms with Gasteiger partial charge in [-0.15, -0.1) is 0 Å². The Morgan fingerprint density at radius 1 is 1.25 bits per heavy atom. The van der Waals surface area contributed by atoms with Crippen molar-refractivity contribution in [3.63, 3.8) is 0 Å². The van der Waals surface area contributed by atoms with Crippen molar-refractivity contribution in [2.45, 2.75) is 19.6 Å². The lowest BCUT2D eigenvalue weighted by atomic mass is 10.2. The Labute approximate surface area is 140 Å². The highest BCUT2D eigenvalue weighted by Crippen LogP contribution is 2.17. The van der Waals surface area contributed by atoms with E-state index in [9.17, 15) is 4.79 Å². The number of hydrogen-bond acceptors (Lipinski definition) is 5. The summed E-state index contributed by atoms with van der Waals surface area (Å²) >= 11 is 0. The van der Waals surface area contributed by atoms with Crippen LogP contribution in [0.15, 0.2) is 42.7 Å². The van der Waals surface area contributed by atoms with E-state index in [4.69, 9.17) is 9.84 Å². The summed E-state index contributed by atoms with van der Waals surface area (Å²) in [4.78, 5) is 23.2. The molecule has 1 aromatic heterocycles. The molecule has 2 heterocycles. The molecule has 0 spiro atoms. The van der Waals surface area contributed by atoms with Gasteiger partial charge >= 0.3 is 6.09 Å². The molecule has 1 aliphatic heterocycles. The fourth-order valence-electron chi connectivity index (χ4n) is 2.71. The first-order chi connectivity index (χ1) is 11.6. The number of hydrogen-bond donors (Lipinski definition) is 1. The van der Waals surface area contributed by atoms with Crippen molar-refractivity contribution in [3.05, 3.63) is 48.3 Å². The molecule has 1 amide bonds. The minimum atomic E-state index is -0.882. The summed E-state index contributed by atoms with van der Waals surface area (Å²) in [5, 5.41) is 9.11. The van der Waals surface area contributed by atoms with Crippen molar-refractivity contribution in [1.82, 2.24) is 14.9 Å². The van der Waals surface area contributed by atoms with E-state index in [1.54, 1.807) is 12.4 Å². The first-order valence-electron chi connectivity index (χ1n) is 7.87. The number of benzene rings is 1. The van der Waals surface area contributed by atoms with Crippen molar-refractivity contribution < 1.29 is 14.6 Å². The van der Waals surface area contributed by atoms with Crippen molar-refractivity contribution >= 4 is 12.0 Å². The molecule has 7 heteroatoms. The van der Waals surface area contributed by atoms with E-state index in [0.717, 1.165) is 5.56 Å². The SMILES string of the molecule is CC1CN(c2ncc(OCc3ccccc3)cn2)CCN1C(=O)O. The van der Waals surface area contributed by atoms with Gasteiger partial charge in [0.05, 0.1) is 12.4 Å². The molecule has 1 fully saturated rings. The van der Waals surface area contributed by atoms with Crippen LogP contribution in [0.5, 0.6) is 5.75 Å². The Balaban J connectivity index is 1.58. The van der Waals surface area contributed by atoms with Gasteiger partial charge in [0.15, 0.2) is 5.75 Å². The fraction of sp³-hybridized carbons (Fsp3) is 0.353. The van der Waals surface area contributed by atoms with Crippen LogP contribution in [0, 0.1) is 0 Å². The van der Waals surface area contributed by atoms with Crippen LogP contribution in [-0.2, 0) is 6.61 Å². The van der Waals surface area contributed by atoms with Crippen molar-refractivity contribution in [2.24, 2.45) is 0 Å². The van der Waals surface area contributed by atoms with E-state index >= 15 is 0 Å². The van der Waals surface area contributed by atoms with E-state index in [0.29, 0.717) is 37.9 Å². The summed E-state index contributed by atoms with van der Waals surface area (Å²) in [6, 6.07) is 9.81. The molecular formula is C17H20N4O3. The van der Waals surface area contributed by atoms with Crippen molar-refractivity contribution in [1.29, 1.82) is 0 Å². The van der Waals surface area contributed by atoms with Crippen LogP contribution in [0.4, 0.5) is 10.7 Å². The lowest BCUT2D eigenvalue weighted by Crippen LogP contribution is -2.54. The second-order valence-corrected chi connectivity index (χ2v) is 5.76. The van der Waals surface area contributed by atoms with Crippen LogP contribution in [0.1, 0.15) is 12.5 Å². The second kappa shape index (κ2) is 7.16. The van der Waals surface area contributed by atoms with Gasteiger partial charge in [0, 0.05) is 25.7 Å². The molecule has 24 heavy (non-hydrogen) atoms. The number of ether oxygens (including phenoxy) is 1. The van der Waals surface area contributed by atoms with E-state index in [-0.39, 0.29) is 6.04 Å². The zero-order chi connectivity index (χ0) is 16.9. The number of carbonyl (C=O) groups is 1. The van der Waals surface area contributed by atoms with Gasteiger partial charge in [0.2, 0.25) is 5.95 Å². The summed E-state index contributed by atoms with van der Waals surface area (Å²) in [5.74, 6) is 1.21. The zero-order valence-corrected chi connectivity index (χ0v) is 13.5. The topological polar surface area (TPSA) is 78.8 Å². The Kier molecular flexibility index (Phi) is 4.79. The summed E-state index contributed by atoms with van der Waals surface area (Å²) in [5.41, 5.74) is 1.08. The van der Waals surface area contributed by atoms with Crippen LogP contribution in [0.25, 0.3) is 0 Å². The molecule has 0 aliphatic carbocycles.